The third-order valence-electron chi connectivity index (χ3n) is 13.9. The van der Waals surface area contributed by atoms with Crippen LogP contribution in [0.5, 0.6) is 0 Å². The van der Waals surface area contributed by atoms with Gasteiger partial charge >= 0.3 is 0 Å². The molecule has 0 radical (unpaired) electrons. The highest BCUT2D eigenvalue weighted by atomic mass is 19.1. The van der Waals surface area contributed by atoms with E-state index in [-0.39, 0.29) is 11.6 Å². The zero-order chi connectivity index (χ0) is 46.5. The van der Waals surface area contributed by atoms with Crippen molar-refractivity contribution < 1.29 is 17.6 Å². The van der Waals surface area contributed by atoms with Crippen LogP contribution < -0.4 is 9.80 Å². The highest BCUT2D eigenvalue weighted by molar-refractivity contribution is 6.29. The summed E-state index contributed by atoms with van der Waals surface area (Å²) in [5.74, 6) is -0.654. The molecule has 14 aromatic rings. The van der Waals surface area contributed by atoms with Gasteiger partial charge in [-0.1, -0.05) is 158 Å². The first kappa shape index (κ1) is 39.9. The number of nitrogens with zero attached hydrogens (tertiary/aromatic N) is 2. The highest BCUT2D eigenvalue weighted by Crippen LogP contribution is 2.52. The Kier molecular flexibility index (Phi) is 8.92. The number of halogens is 2. The van der Waals surface area contributed by atoms with Crippen molar-refractivity contribution in [3.8, 4) is 22.3 Å². The number of hydrogen-bond acceptors (Lipinski definition) is 4. The first-order valence-corrected chi connectivity index (χ1v) is 23.4. The van der Waals surface area contributed by atoms with E-state index in [2.05, 4.69) is 107 Å². The van der Waals surface area contributed by atoms with E-state index in [1.54, 1.807) is 12.1 Å². The van der Waals surface area contributed by atoms with Crippen molar-refractivity contribution >= 4 is 110 Å². The summed E-state index contributed by atoms with van der Waals surface area (Å²) in [4.78, 5) is 4.47. The zero-order valence-electron chi connectivity index (χ0n) is 37.4. The average Bonchev–Trinajstić information content (AvgIpc) is 3.99. The van der Waals surface area contributed by atoms with Crippen molar-refractivity contribution in [1.29, 1.82) is 0 Å². The summed E-state index contributed by atoms with van der Waals surface area (Å²) in [6.45, 7) is 0. The number of hydrogen-bond donors (Lipinski definition) is 0. The van der Waals surface area contributed by atoms with Gasteiger partial charge in [-0.2, -0.15) is 0 Å². The van der Waals surface area contributed by atoms with Crippen molar-refractivity contribution in [2.45, 2.75) is 0 Å². The Hall–Kier alpha value is -9.26. The average molecular weight is 905 g/mol. The third-order valence-corrected chi connectivity index (χ3v) is 13.9. The van der Waals surface area contributed by atoms with E-state index < -0.39 is 0 Å². The lowest BCUT2D eigenvalue weighted by Gasteiger charge is -2.31. The van der Waals surface area contributed by atoms with Crippen molar-refractivity contribution in [3.63, 3.8) is 0 Å². The Bertz CT molecular complexity index is 4070. The molecule has 0 aliphatic carbocycles. The Balaban J connectivity index is 1.07. The number of anilines is 6. The van der Waals surface area contributed by atoms with E-state index in [9.17, 15) is 0 Å². The molecule has 12 aromatic carbocycles. The van der Waals surface area contributed by atoms with Crippen molar-refractivity contribution in [2.75, 3.05) is 9.80 Å². The van der Waals surface area contributed by atoms with Crippen LogP contribution in [0.15, 0.2) is 239 Å². The van der Waals surface area contributed by atoms with Crippen LogP contribution in [0.2, 0.25) is 0 Å². The van der Waals surface area contributed by atoms with Crippen LogP contribution in [0.4, 0.5) is 42.9 Å². The molecule has 0 unspecified atom stereocenters. The lowest BCUT2D eigenvalue weighted by atomic mass is 9.91. The maximum Gasteiger partial charge on any atom is 0.159 e. The van der Waals surface area contributed by atoms with Crippen LogP contribution in [0, 0.1) is 11.6 Å². The molecule has 4 nitrogen and oxygen atoms in total. The van der Waals surface area contributed by atoms with Gasteiger partial charge in [0.25, 0.3) is 0 Å². The minimum Gasteiger partial charge on any atom is -0.454 e. The molecular weight excluding hydrogens is 867 g/mol. The number of furan rings is 2. The van der Waals surface area contributed by atoms with E-state index in [4.69, 9.17) is 8.83 Å². The number of rotatable bonds is 8. The summed E-state index contributed by atoms with van der Waals surface area (Å²) in [6.07, 6.45) is 0. The predicted octanol–water partition coefficient (Wildman–Crippen LogP) is 18.9. The molecule has 0 aliphatic rings. The molecule has 0 spiro atoms. The Labute approximate surface area is 400 Å². The monoisotopic (exact) mass is 904 g/mol. The van der Waals surface area contributed by atoms with Gasteiger partial charge in [-0.3, -0.25) is 0 Å². The lowest BCUT2D eigenvalue weighted by Crippen LogP contribution is -2.13. The van der Waals surface area contributed by atoms with Crippen LogP contribution >= 0.6 is 0 Å². The maximum atomic E-state index is 15.6. The molecular formula is C64H38F2N2O2. The van der Waals surface area contributed by atoms with Gasteiger partial charge in [-0.15, -0.1) is 0 Å². The maximum absolute atomic E-state index is 15.6. The van der Waals surface area contributed by atoms with Crippen LogP contribution in [0.3, 0.4) is 0 Å². The molecule has 0 saturated heterocycles. The molecule has 14 rings (SSSR count). The number of benzene rings is 12. The van der Waals surface area contributed by atoms with Gasteiger partial charge in [0.15, 0.2) is 11.2 Å². The molecule has 0 fully saturated rings. The van der Waals surface area contributed by atoms with E-state index in [0.29, 0.717) is 0 Å². The van der Waals surface area contributed by atoms with E-state index in [0.717, 1.165) is 133 Å². The molecule has 0 bridgehead atoms. The quantitative estimate of drug-likeness (QED) is 0.142. The van der Waals surface area contributed by atoms with Crippen molar-refractivity contribution in [2.24, 2.45) is 0 Å². The van der Waals surface area contributed by atoms with Crippen LogP contribution in [0.1, 0.15) is 0 Å². The Morgan fingerprint density at radius 2 is 0.671 bits per heavy atom. The molecule has 0 aliphatic heterocycles. The fraction of sp³-hybridized carbons (Fsp3) is 0. The van der Waals surface area contributed by atoms with Gasteiger partial charge in [0.2, 0.25) is 0 Å². The van der Waals surface area contributed by atoms with E-state index >= 15 is 8.78 Å². The second kappa shape index (κ2) is 15.7. The van der Waals surface area contributed by atoms with Gasteiger partial charge < -0.3 is 18.6 Å². The molecule has 70 heavy (non-hydrogen) atoms. The highest BCUT2D eigenvalue weighted by Gasteiger charge is 2.28. The summed E-state index contributed by atoms with van der Waals surface area (Å²) in [5.41, 5.74) is 11.3. The normalized spacial score (nSPS) is 11.9. The van der Waals surface area contributed by atoms with E-state index in [1.165, 1.54) is 12.1 Å². The molecule has 330 valence electrons. The smallest absolute Gasteiger partial charge is 0.159 e. The summed E-state index contributed by atoms with van der Waals surface area (Å²) >= 11 is 0. The van der Waals surface area contributed by atoms with Gasteiger partial charge in [-0.05, 0) is 105 Å². The zero-order valence-corrected chi connectivity index (χ0v) is 37.4. The summed E-state index contributed by atoms with van der Waals surface area (Å²) < 4.78 is 44.7. The standard InChI is InChI=1S/C64H38F2N2O2/c65-43-29-35-55(51(37-43)39-13-3-1-4-14-39)67(57-21-11-19-47-45-17-7-9-23-59(45)69-63(47)57)53-33-27-41-26-32-50-54(34-28-42-25-31-49(53)61(41)62(42)50)68(56-36-30-44(66)38-52(56)40-15-5-2-6-16-40)58-22-12-20-48-46-18-8-10-24-60(46)70-64(48)58/h1-38H. The third kappa shape index (κ3) is 6.13. The fourth-order valence-corrected chi connectivity index (χ4v) is 10.9. The van der Waals surface area contributed by atoms with Crippen LogP contribution in [-0.2, 0) is 0 Å². The minimum atomic E-state index is -0.327. The molecule has 0 N–H and O–H groups in total. The van der Waals surface area contributed by atoms with Crippen molar-refractivity contribution in [1.82, 2.24) is 0 Å². The number of fused-ring (bicyclic) bond motifs is 6. The van der Waals surface area contributed by atoms with Gasteiger partial charge in [0.1, 0.15) is 22.8 Å². The molecule has 0 amide bonds. The Morgan fingerprint density at radius 1 is 0.286 bits per heavy atom. The number of para-hydroxylation sites is 4. The molecule has 2 heterocycles. The SMILES string of the molecule is Fc1ccc(N(c2ccc3ccc4c(N(c5ccc(F)cc5-c5ccccc5)c5cccc6c5oc5ccccc56)ccc5ccc2c3c54)c2cccc3c2oc2ccccc23)c(-c2ccccc2)c1. The Morgan fingerprint density at radius 3 is 1.13 bits per heavy atom. The summed E-state index contributed by atoms with van der Waals surface area (Å²) in [7, 11) is 0. The second-order valence-corrected chi connectivity index (χ2v) is 17.8. The molecule has 0 saturated carbocycles. The largest absolute Gasteiger partial charge is 0.454 e. The van der Waals surface area contributed by atoms with Gasteiger partial charge in [0, 0.05) is 43.4 Å². The van der Waals surface area contributed by atoms with Gasteiger partial charge in [-0.25, -0.2) is 8.78 Å². The van der Waals surface area contributed by atoms with Gasteiger partial charge in [0.05, 0.1) is 34.1 Å². The molecule has 6 heteroatoms. The van der Waals surface area contributed by atoms with Crippen molar-refractivity contribution in [3.05, 3.63) is 242 Å². The van der Waals surface area contributed by atoms with E-state index in [1.807, 2.05) is 109 Å². The van der Waals surface area contributed by atoms with Crippen LogP contribution in [0.25, 0.3) is 98.4 Å². The molecule has 0 atom stereocenters. The predicted molar refractivity (Wildman–Crippen MR) is 285 cm³/mol. The molecule has 2 aromatic heterocycles. The summed E-state index contributed by atoms with van der Waals surface area (Å²) in [6, 6.07) is 76.2. The van der Waals surface area contributed by atoms with Crippen LogP contribution in [-0.4, -0.2) is 0 Å². The summed E-state index contributed by atoms with van der Waals surface area (Å²) in [5, 5.41) is 10.3. The topological polar surface area (TPSA) is 32.8 Å². The first-order valence-electron chi connectivity index (χ1n) is 23.4. The fourth-order valence-electron chi connectivity index (χ4n) is 10.9. The lowest BCUT2D eigenvalue weighted by molar-refractivity contribution is 0.628. The minimum absolute atomic E-state index is 0.327. The second-order valence-electron chi connectivity index (χ2n) is 17.8. The first-order chi connectivity index (χ1) is 34.6.